The first-order valence-corrected chi connectivity index (χ1v) is 6.59. The van der Waals surface area contributed by atoms with E-state index in [9.17, 15) is 8.42 Å². The molecule has 0 saturated heterocycles. The fourth-order valence-corrected chi connectivity index (χ4v) is 1.90. The third-order valence-electron chi connectivity index (χ3n) is 2.28. The molecule has 0 aliphatic carbocycles. The highest BCUT2D eigenvalue weighted by atomic mass is 32.2. The third-order valence-corrected chi connectivity index (χ3v) is 2.98. The molecule has 90 valence electrons. The minimum Gasteiger partial charge on any atom is -0.397 e. The maximum atomic E-state index is 10.7. The first kappa shape index (κ1) is 12.8. The molecule has 0 atom stereocenters. The molecule has 0 aromatic heterocycles. The van der Waals surface area contributed by atoms with Crippen LogP contribution in [0.2, 0.25) is 0 Å². The Morgan fingerprint density at radius 1 is 1.38 bits per heavy atom. The SMILES string of the molecule is CCN(CCS(=O)(=O)O)c1ccccc1N. The van der Waals surface area contributed by atoms with Gasteiger partial charge in [-0.3, -0.25) is 4.55 Å². The van der Waals surface area contributed by atoms with Gasteiger partial charge in [0.15, 0.2) is 0 Å². The zero-order chi connectivity index (χ0) is 12.2. The van der Waals surface area contributed by atoms with Gasteiger partial charge >= 0.3 is 0 Å². The summed E-state index contributed by atoms with van der Waals surface area (Å²) in [5, 5.41) is 0. The lowest BCUT2D eigenvalue weighted by Crippen LogP contribution is -2.29. The summed E-state index contributed by atoms with van der Waals surface area (Å²) >= 11 is 0. The minimum atomic E-state index is -3.93. The average Bonchev–Trinajstić information content (AvgIpc) is 2.20. The Bertz CT molecular complexity index is 445. The molecule has 16 heavy (non-hydrogen) atoms. The second-order valence-corrected chi connectivity index (χ2v) is 5.00. The minimum absolute atomic E-state index is 0.226. The summed E-state index contributed by atoms with van der Waals surface area (Å²) in [7, 11) is -3.93. The molecule has 6 heteroatoms. The highest BCUT2D eigenvalue weighted by molar-refractivity contribution is 7.85. The summed E-state index contributed by atoms with van der Waals surface area (Å²) in [6.07, 6.45) is 0. The lowest BCUT2D eigenvalue weighted by Gasteiger charge is -2.23. The van der Waals surface area contributed by atoms with Crippen LogP contribution in [0.15, 0.2) is 24.3 Å². The van der Waals surface area contributed by atoms with E-state index in [0.717, 1.165) is 5.69 Å². The highest BCUT2D eigenvalue weighted by Gasteiger charge is 2.11. The van der Waals surface area contributed by atoms with E-state index in [1.165, 1.54) is 0 Å². The molecule has 1 aromatic rings. The number of rotatable bonds is 5. The Kier molecular flexibility index (Phi) is 4.14. The van der Waals surface area contributed by atoms with Crippen LogP contribution < -0.4 is 10.6 Å². The molecule has 0 spiro atoms. The van der Waals surface area contributed by atoms with Gasteiger partial charge in [-0.05, 0) is 19.1 Å². The van der Waals surface area contributed by atoms with Gasteiger partial charge in [0.25, 0.3) is 10.1 Å². The van der Waals surface area contributed by atoms with E-state index in [-0.39, 0.29) is 12.3 Å². The molecule has 0 bridgehead atoms. The Morgan fingerprint density at radius 2 is 2.00 bits per heavy atom. The second-order valence-electron chi connectivity index (χ2n) is 3.42. The van der Waals surface area contributed by atoms with Crippen molar-refractivity contribution in [3.05, 3.63) is 24.3 Å². The van der Waals surface area contributed by atoms with E-state index in [1.54, 1.807) is 6.07 Å². The monoisotopic (exact) mass is 244 g/mol. The van der Waals surface area contributed by atoms with Gasteiger partial charge in [0, 0.05) is 13.1 Å². The summed E-state index contributed by atoms with van der Waals surface area (Å²) in [6, 6.07) is 7.23. The smallest absolute Gasteiger partial charge is 0.266 e. The van der Waals surface area contributed by atoms with Crippen molar-refractivity contribution in [2.24, 2.45) is 0 Å². The number of benzene rings is 1. The number of nitrogen functional groups attached to an aromatic ring is 1. The predicted octanol–water partition coefficient (Wildman–Crippen LogP) is 0.983. The number of hydrogen-bond donors (Lipinski definition) is 2. The number of nitrogens with zero attached hydrogens (tertiary/aromatic N) is 1. The normalized spacial score (nSPS) is 11.4. The van der Waals surface area contributed by atoms with Gasteiger partial charge in [0.2, 0.25) is 0 Å². The van der Waals surface area contributed by atoms with Crippen LogP contribution in [0, 0.1) is 0 Å². The van der Waals surface area contributed by atoms with Crippen molar-refractivity contribution >= 4 is 21.5 Å². The van der Waals surface area contributed by atoms with Crippen LogP contribution in [0.25, 0.3) is 0 Å². The molecule has 0 unspecified atom stereocenters. The molecule has 5 nitrogen and oxygen atoms in total. The highest BCUT2D eigenvalue weighted by Crippen LogP contribution is 2.21. The fraction of sp³-hybridized carbons (Fsp3) is 0.400. The van der Waals surface area contributed by atoms with Crippen molar-refractivity contribution < 1.29 is 13.0 Å². The molecular weight excluding hydrogens is 228 g/mol. The maximum absolute atomic E-state index is 10.7. The van der Waals surface area contributed by atoms with E-state index in [2.05, 4.69) is 0 Å². The quantitative estimate of drug-likeness (QED) is 0.596. The molecule has 0 amide bonds. The van der Waals surface area contributed by atoms with Gasteiger partial charge in [-0.25, -0.2) is 0 Å². The molecule has 1 aromatic carbocycles. The van der Waals surface area contributed by atoms with Gasteiger partial charge in [-0.1, -0.05) is 12.1 Å². The summed E-state index contributed by atoms with van der Waals surface area (Å²) in [4.78, 5) is 1.81. The van der Waals surface area contributed by atoms with Gasteiger partial charge in [0.05, 0.1) is 17.1 Å². The van der Waals surface area contributed by atoms with Crippen molar-refractivity contribution in [1.82, 2.24) is 0 Å². The maximum Gasteiger partial charge on any atom is 0.266 e. The molecule has 1 rings (SSSR count). The number of hydrogen-bond acceptors (Lipinski definition) is 4. The van der Waals surface area contributed by atoms with Crippen LogP contribution in [0.3, 0.4) is 0 Å². The fourth-order valence-electron chi connectivity index (χ4n) is 1.45. The van der Waals surface area contributed by atoms with Crippen molar-refractivity contribution in [2.75, 3.05) is 29.5 Å². The molecule has 3 N–H and O–H groups in total. The molecule has 0 radical (unpaired) electrons. The topological polar surface area (TPSA) is 83.6 Å². The molecule has 0 fully saturated rings. The van der Waals surface area contributed by atoms with Crippen molar-refractivity contribution in [2.45, 2.75) is 6.92 Å². The Hall–Kier alpha value is -1.27. The summed E-state index contributed by atoms with van der Waals surface area (Å²) in [5.74, 6) is -0.296. The Morgan fingerprint density at radius 3 is 2.50 bits per heavy atom. The molecule has 0 aliphatic rings. The van der Waals surface area contributed by atoms with Crippen LogP contribution in [0.5, 0.6) is 0 Å². The molecule has 0 aliphatic heterocycles. The van der Waals surface area contributed by atoms with E-state index in [1.807, 2.05) is 30.0 Å². The summed E-state index contributed by atoms with van der Waals surface area (Å²) < 4.78 is 30.0. The predicted molar refractivity (Wildman–Crippen MR) is 65.2 cm³/mol. The van der Waals surface area contributed by atoms with Gasteiger partial charge in [-0.2, -0.15) is 8.42 Å². The van der Waals surface area contributed by atoms with Gasteiger partial charge < -0.3 is 10.6 Å². The number of anilines is 2. The van der Waals surface area contributed by atoms with Gasteiger partial charge in [0.1, 0.15) is 0 Å². The van der Waals surface area contributed by atoms with Gasteiger partial charge in [-0.15, -0.1) is 0 Å². The standard InChI is InChI=1S/C10H16N2O3S/c1-2-12(7-8-16(13,14)15)10-6-4-3-5-9(10)11/h3-6H,2,7-8,11H2,1H3,(H,13,14,15). The zero-order valence-corrected chi connectivity index (χ0v) is 9.94. The van der Waals surface area contributed by atoms with Crippen LogP contribution in [-0.2, 0) is 10.1 Å². The Balaban J connectivity index is 2.79. The first-order valence-electron chi connectivity index (χ1n) is 4.98. The zero-order valence-electron chi connectivity index (χ0n) is 9.13. The molecule has 0 saturated carbocycles. The number of nitrogens with two attached hydrogens (primary N) is 1. The molecular formula is C10H16N2O3S. The first-order chi connectivity index (χ1) is 7.44. The van der Waals surface area contributed by atoms with E-state index in [4.69, 9.17) is 10.3 Å². The van der Waals surface area contributed by atoms with Crippen molar-refractivity contribution in [1.29, 1.82) is 0 Å². The van der Waals surface area contributed by atoms with Crippen LogP contribution in [0.4, 0.5) is 11.4 Å². The van der Waals surface area contributed by atoms with E-state index < -0.39 is 10.1 Å². The molecule has 0 heterocycles. The van der Waals surface area contributed by atoms with Crippen LogP contribution in [0.1, 0.15) is 6.92 Å². The van der Waals surface area contributed by atoms with Crippen LogP contribution >= 0.6 is 0 Å². The number of para-hydroxylation sites is 2. The second kappa shape index (κ2) is 5.18. The van der Waals surface area contributed by atoms with Crippen molar-refractivity contribution in [3.8, 4) is 0 Å². The Labute approximate surface area is 95.6 Å². The largest absolute Gasteiger partial charge is 0.397 e. The average molecular weight is 244 g/mol. The van der Waals surface area contributed by atoms with Crippen molar-refractivity contribution in [3.63, 3.8) is 0 Å². The van der Waals surface area contributed by atoms with Crippen LogP contribution in [-0.4, -0.2) is 31.8 Å². The third kappa shape index (κ3) is 3.71. The summed E-state index contributed by atoms with van der Waals surface area (Å²) in [6.45, 7) is 2.75. The lowest BCUT2D eigenvalue weighted by molar-refractivity contribution is 0.482. The van der Waals surface area contributed by atoms with E-state index in [0.29, 0.717) is 12.2 Å². The summed E-state index contributed by atoms with van der Waals surface area (Å²) in [5.41, 5.74) is 7.17. The van der Waals surface area contributed by atoms with E-state index >= 15 is 0 Å². The lowest BCUT2D eigenvalue weighted by atomic mass is 10.2.